The monoisotopic (exact) mass is 256 g/mol. The van der Waals surface area contributed by atoms with Gasteiger partial charge >= 0.3 is 0 Å². The molecule has 1 aliphatic heterocycles. The van der Waals surface area contributed by atoms with Gasteiger partial charge in [0.1, 0.15) is 0 Å². The maximum atomic E-state index is 11.9. The van der Waals surface area contributed by atoms with Crippen LogP contribution < -0.4 is 5.32 Å². The van der Waals surface area contributed by atoms with E-state index in [1.807, 2.05) is 0 Å². The summed E-state index contributed by atoms with van der Waals surface area (Å²) in [6, 6.07) is 0.449. The minimum Gasteiger partial charge on any atom is -0.395 e. The lowest BCUT2D eigenvalue weighted by atomic mass is 10.1. The standard InChI is InChI=1S/C14H28N2O2/c1-3-4-5-7-12(2)15-14(18)10-16-9-6-8-13(16)11-17/h12-13,17H,3-11H2,1-2H3,(H,15,18)/t12?,13-/m1/s1. The quantitative estimate of drug-likeness (QED) is 0.648. The van der Waals surface area contributed by atoms with Crippen molar-refractivity contribution in [3.8, 4) is 0 Å². The van der Waals surface area contributed by atoms with Gasteiger partial charge in [0.05, 0.1) is 13.2 Å². The number of aliphatic hydroxyl groups excluding tert-OH is 1. The average molecular weight is 256 g/mol. The smallest absolute Gasteiger partial charge is 0.234 e. The van der Waals surface area contributed by atoms with E-state index in [-0.39, 0.29) is 24.6 Å². The van der Waals surface area contributed by atoms with E-state index < -0.39 is 0 Å². The fourth-order valence-corrected chi connectivity index (χ4v) is 2.59. The lowest BCUT2D eigenvalue weighted by Crippen LogP contribution is -2.43. The molecule has 0 bridgehead atoms. The number of rotatable bonds is 8. The molecule has 0 saturated carbocycles. The number of hydrogen-bond acceptors (Lipinski definition) is 3. The molecule has 4 heteroatoms. The van der Waals surface area contributed by atoms with Crippen LogP contribution in [0.25, 0.3) is 0 Å². The second-order valence-corrected chi connectivity index (χ2v) is 5.41. The van der Waals surface area contributed by atoms with Gasteiger partial charge in [-0.2, -0.15) is 0 Å². The van der Waals surface area contributed by atoms with Crippen LogP contribution in [0.2, 0.25) is 0 Å². The van der Waals surface area contributed by atoms with E-state index in [9.17, 15) is 9.90 Å². The molecule has 106 valence electrons. The summed E-state index contributed by atoms with van der Waals surface area (Å²) in [4.78, 5) is 14.0. The zero-order valence-electron chi connectivity index (χ0n) is 11.8. The topological polar surface area (TPSA) is 52.6 Å². The van der Waals surface area contributed by atoms with Crippen molar-refractivity contribution in [2.24, 2.45) is 0 Å². The van der Waals surface area contributed by atoms with E-state index in [1.54, 1.807) is 0 Å². The van der Waals surface area contributed by atoms with Gasteiger partial charge in [0.2, 0.25) is 5.91 Å². The average Bonchev–Trinajstić information content (AvgIpc) is 2.76. The summed E-state index contributed by atoms with van der Waals surface area (Å²) in [5.74, 6) is 0.0966. The number of hydrogen-bond donors (Lipinski definition) is 2. The molecule has 1 unspecified atom stereocenters. The molecule has 0 spiro atoms. The summed E-state index contributed by atoms with van der Waals surface area (Å²) < 4.78 is 0. The number of likely N-dealkylation sites (tertiary alicyclic amines) is 1. The van der Waals surface area contributed by atoms with Crippen molar-refractivity contribution in [3.05, 3.63) is 0 Å². The number of carbonyl (C=O) groups is 1. The molecule has 0 aromatic heterocycles. The van der Waals surface area contributed by atoms with Crippen molar-refractivity contribution in [1.82, 2.24) is 10.2 Å². The van der Waals surface area contributed by atoms with E-state index in [4.69, 9.17) is 0 Å². The normalized spacial score (nSPS) is 22.1. The van der Waals surface area contributed by atoms with E-state index >= 15 is 0 Å². The molecule has 1 saturated heterocycles. The van der Waals surface area contributed by atoms with Crippen molar-refractivity contribution >= 4 is 5.91 Å². The number of unbranched alkanes of at least 4 members (excludes halogenated alkanes) is 2. The SMILES string of the molecule is CCCCCC(C)NC(=O)CN1CCC[C@@H]1CO. The van der Waals surface area contributed by atoms with Gasteiger partial charge in [-0.1, -0.05) is 26.2 Å². The molecule has 2 atom stereocenters. The van der Waals surface area contributed by atoms with E-state index in [0.29, 0.717) is 6.54 Å². The number of nitrogens with zero attached hydrogens (tertiary/aromatic N) is 1. The molecule has 1 rings (SSSR count). The molecule has 2 N–H and O–H groups in total. The Morgan fingerprint density at radius 2 is 2.28 bits per heavy atom. The van der Waals surface area contributed by atoms with Gasteiger partial charge in [-0.3, -0.25) is 9.69 Å². The Morgan fingerprint density at radius 1 is 1.50 bits per heavy atom. The van der Waals surface area contributed by atoms with Gasteiger partial charge in [-0.15, -0.1) is 0 Å². The number of nitrogens with one attached hydrogen (secondary N) is 1. The largest absolute Gasteiger partial charge is 0.395 e. The highest BCUT2D eigenvalue weighted by Gasteiger charge is 2.25. The molecule has 1 heterocycles. The highest BCUT2D eigenvalue weighted by Crippen LogP contribution is 2.15. The van der Waals surface area contributed by atoms with Gasteiger partial charge in [-0.25, -0.2) is 0 Å². The Bertz CT molecular complexity index is 246. The highest BCUT2D eigenvalue weighted by molar-refractivity contribution is 5.78. The Labute approximate surface area is 111 Å². The van der Waals surface area contributed by atoms with Crippen LogP contribution in [0.5, 0.6) is 0 Å². The summed E-state index contributed by atoms with van der Waals surface area (Å²) in [6.45, 7) is 5.79. The minimum atomic E-state index is 0.0966. The minimum absolute atomic E-state index is 0.0966. The van der Waals surface area contributed by atoms with Gasteiger partial charge in [0, 0.05) is 12.1 Å². The van der Waals surface area contributed by atoms with Crippen LogP contribution in [0.4, 0.5) is 0 Å². The fourth-order valence-electron chi connectivity index (χ4n) is 2.59. The molecule has 0 aromatic carbocycles. The van der Waals surface area contributed by atoms with E-state index in [2.05, 4.69) is 24.1 Å². The summed E-state index contributed by atoms with van der Waals surface area (Å²) in [5.41, 5.74) is 0. The lowest BCUT2D eigenvalue weighted by Gasteiger charge is -2.23. The lowest BCUT2D eigenvalue weighted by molar-refractivity contribution is -0.123. The van der Waals surface area contributed by atoms with Crippen LogP contribution in [-0.4, -0.2) is 47.7 Å². The highest BCUT2D eigenvalue weighted by atomic mass is 16.3. The van der Waals surface area contributed by atoms with Crippen molar-refractivity contribution in [2.45, 2.75) is 64.5 Å². The number of carbonyl (C=O) groups excluding carboxylic acids is 1. The molecule has 1 aliphatic rings. The first-order valence-electron chi connectivity index (χ1n) is 7.31. The van der Waals surface area contributed by atoms with Gasteiger partial charge in [-0.05, 0) is 32.7 Å². The third-order valence-corrected chi connectivity index (χ3v) is 3.70. The van der Waals surface area contributed by atoms with Crippen molar-refractivity contribution in [3.63, 3.8) is 0 Å². The molecule has 1 fully saturated rings. The third kappa shape index (κ3) is 5.36. The fraction of sp³-hybridized carbons (Fsp3) is 0.929. The van der Waals surface area contributed by atoms with E-state index in [0.717, 1.165) is 25.8 Å². The maximum absolute atomic E-state index is 11.9. The Kier molecular flexibility index (Phi) is 7.28. The maximum Gasteiger partial charge on any atom is 0.234 e. The Hall–Kier alpha value is -0.610. The van der Waals surface area contributed by atoms with Gasteiger partial charge in [0.25, 0.3) is 0 Å². The van der Waals surface area contributed by atoms with Crippen molar-refractivity contribution in [2.75, 3.05) is 19.7 Å². The molecular weight excluding hydrogens is 228 g/mol. The molecule has 0 aliphatic carbocycles. The zero-order chi connectivity index (χ0) is 13.4. The van der Waals surface area contributed by atoms with E-state index in [1.165, 1.54) is 19.3 Å². The summed E-state index contributed by atoms with van der Waals surface area (Å²) >= 11 is 0. The third-order valence-electron chi connectivity index (χ3n) is 3.70. The van der Waals surface area contributed by atoms with Gasteiger partial charge in [0.15, 0.2) is 0 Å². The van der Waals surface area contributed by atoms with Crippen LogP contribution >= 0.6 is 0 Å². The Balaban J connectivity index is 2.20. The molecular formula is C14H28N2O2. The van der Waals surface area contributed by atoms with Crippen LogP contribution in [0.3, 0.4) is 0 Å². The Morgan fingerprint density at radius 3 is 2.94 bits per heavy atom. The van der Waals surface area contributed by atoms with Gasteiger partial charge < -0.3 is 10.4 Å². The first-order chi connectivity index (χ1) is 8.67. The van der Waals surface area contributed by atoms with Crippen molar-refractivity contribution in [1.29, 1.82) is 0 Å². The molecule has 0 aromatic rings. The second-order valence-electron chi connectivity index (χ2n) is 5.41. The molecule has 4 nitrogen and oxygen atoms in total. The number of aliphatic hydroxyl groups is 1. The predicted molar refractivity (Wildman–Crippen MR) is 73.4 cm³/mol. The zero-order valence-corrected chi connectivity index (χ0v) is 11.8. The summed E-state index contributed by atoms with van der Waals surface area (Å²) in [6.07, 6.45) is 6.79. The second kappa shape index (κ2) is 8.48. The predicted octanol–water partition coefficient (Wildman–Crippen LogP) is 1.53. The number of amides is 1. The summed E-state index contributed by atoms with van der Waals surface area (Å²) in [5, 5.41) is 12.2. The molecule has 18 heavy (non-hydrogen) atoms. The first-order valence-corrected chi connectivity index (χ1v) is 7.31. The molecule has 1 amide bonds. The van der Waals surface area contributed by atoms with Crippen LogP contribution in [-0.2, 0) is 4.79 Å². The van der Waals surface area contributed by atoms with Crippen molar-refractivity contribution < 1.29 is 9.90 Å². The van der Waals surface area contributed by atoms with Crippen LogP contribution in [0.1, 0.15) is 52.4 Å². The first kappa shape index (κ1) is 15.4. The van der Waals surface area contributed by atoms with Crippen LogP contribution in [0, 0.1) is 0 Å². The van der Waals surface area contributed by atoms with Crippen LogP contribution in [0.15, 0.2) is 0 Å². The molecule has 0 radical (unpaired) electrons. The summed E-state index contributed by atoms with van der Waals surface area (Å²) in [7, 11) is 0.